The van der Waals surface area contributed by atoms with Crippen LogP contribution in [0.4, 0.5) is 18.9 Å². The van der Waals surface area contributed by atoms with Crippen LogP contribution in [0, 0.1) is 0 Å². The van der Waals surface area contributed by atoms with Crippen molar-refractivity contribution >= 4 is 23.1 Å². The average molecular weight is 528 g/mol. The minimum Gasteiger partial charge on any atom is -0.398 e. The summed E-state index contributed by atoms with van der Waals surface area (Å²) in [6.07, 6.45) is -4.47. The Hall–Kier alpha value is -4.35. The second-order valence-corrected chi connectivity index (χ2v) is 9.21. The first-order valence-electron chi connectivity index (χ1n) is 11.8. The highest BCUT2D eigenvalue weighted by atomic mass is 35.5. The molecule has 0 saturated heterocycles. The fourth-order valence-corrected chi connectivity index (χ4v) is 4.65. The van der Waals surface area contributed by atoms with E-state index in [0.29, 0.717) is 32.8 Å². The van der Waals surface area contributed by atoms with Crippen LogP contribution in [0.3, 0.4) is 0 Å². The summed E-state index contributed by atoms with van der Waals surface area (Å²) in [7, 11) is 0. The number of carbonyl (C=O) groups is 1. The smallest absolute Gasteiger partial charge is 0.398 e. The Kier molecular flexibility index (Phi) is 6.79. The molecule has 0 radical (unpaired) electrons. The lowest BCUT2D eigenvalue weighted by molar-refractivity contribution is -0.137. The van der Waals surface area contributed by atoms with Crippen molar-refractivity contribution in [2.75, 3.05) is 5.73 Å². The lowest BCUT2D eigenvalue weighted by Gasteiger charge is -2.21. The molecule has 0 bridgehead atoms. The third-order valence-electron chi connectivity index (χ3n) is 6.37. The predicted octanol–water partition coefficient (Wildman–Crippen LogP) is 9.17. The normalized spacial score (nSPS) is 11.4. The van der Waals surface area contributed by atoms with Gasteiger partial charge in [0.1, 0.15) is 0 Å². The molecule has 5 aromatic carbocycles. The summed E-state index contributed by atoms with van der Waals surface area (Å²) in [5, 5.41) is 0.544. The van der Waals surface area contributed by atoms with E-state index in [4.69, 9.17) is 17.3 Å². The molecule has 0 aromatic heterocycles. The summed E-state index contributed by atoms with van der Waals surface area (Å²) >= 11 is 6.13. The molecule has 2 nitrogen and oxygen atoms in total. The van der Waals surface area contributed by atoms with Gasteiger partial charge in [0, 0.05) is 16.1 Å². The van der Waals surface area contributed by atoms with E-state index in [1.165, 1.54) is 12.1 Å². The van der Waals surface area contributed by atoms with Gasteiger partial charge < -0.3 is 5.73 Å². The average Bonchev–Trinajstić information content (AvgIpc) is 2.93. The van der Waals surface area contributed by atoms with Gasteiger partial charge >= 0.3 is 6.18 Å². The molecule has 188 valence electrons. The second kappa shape index (κ2) is 10.2. The van der Waals surface area contributed by atoms with Crippen molar-refractivity contribution in [1.29, 1.82) is 0 Å². The first kappa shape index (κ1) is 25.3. The van der Waals surface area contributed by atoms with Crippen molar-refractivity contribution in [1.82, 2.24) is 0 Å². The Morgan fingerprint density at radius 2 is 1.18 bits per heavy atom. The number of rotatable bonds is 5. The quantitative estimate of drug-likeness (QED) is 0.183. The van der Waals surface area contributed by atoms with Crippen molar-refractivity contribution in [2.24, 2.45) is 0 Å². The van der Waals surface area contributed by atoms with Crippen LogP contribution >= 0.6 is 11.6 Å². The Morgan fingerprint density at radius 1 is 0.658 bits per heavy atom. The molecule has 5 rings (SSSR count). The summed E-state index contributed by atoms with van der Waals surface area (Å²) in [5.41, 5.74) is 10.7. The number of benzene rings is 5. The standard InChI is InChI=1S/C32H21ClF3NO/c33-25-17-13-21(14-18-25)27-19-26(20-7-3-1-4-8-20)28(22-11-15-24(16-12-22)32(34,35)36)30(37)29(27)31(38)23-9-5-2-6-10-23/h1-19H,37H2. The van der Waals surface area contributed by atoms with Crippen LogP contribution < -0.4 is 5.73 Å². The lowest BCUT2D eigenvalue weighted by atomic mass is 9.83. The Morgan fingerprint density at radius 3 is 1.76 bits per heavy atom. The van der Waals surface area contributed by atoms with Gasteiger partial charge in [0.2, 0.25) is 0 Å². The van der Waals surface area contributed by atoms with Gasteiger partial charge in [-0.1, -0.05) is 96.5 Å². The van der Waals surface area contributed by atoms with Gasteiger partial charge in [-0.25, -0.2) is 0 Å². The minimum absolute atomic E-state index is 0.185. The van der Waals surface area contributed by atoms with Crippen LogP contribution in [-0.4, -0.2) is 5.78 Å². The Balaban J connectivity index is 1.84. The molecule has 6 heteroatoms. The molecule has 38 heavy (non-hydrogen) atoms. The molecule has 2 N–H and O–H groups in total. The first-order valence-corrected chi connectivity index (χ1v) is 12.2. The highest BCUT2D eigenvalue weighted by Crippen LogP contribution is 2.44. The number of hydrogen-bond acceptors (Lipinski definition) is 2. The number of nitrogens with two attached hydrogens (primary N) is 1. The Labute approximate surface area is 223 Å². The van der Waals surface area contributed by atoms with Gasteiger partial charge in [-0.05, 0) is 58.1 Å². The molecule has 0 aliphatic heterocycles. The second-order valence-electron chi connectivity index (χ2n) is 8.78. The zero-order valence-corrected chi connectivity index (χ0v) is 20.7. The molecular formula is C32H21ClF3NO. The van der Waals surface area contributed by atoms with E-state index in [-0.39, 0.29) is 17.0 Å². The third kappa shape index (κ3) is 4.93. The topological polar surface area (TPSA) is 43.1 Å². The van der Waals surface area contributed by atoms with Crippen molar-refractivity contribution in [2.45, 2.75) is 6.18 Å². The maximum absolute atomic E-state index is 13.9. The summed E-state index contributed by atoms with van der Waals surface area (Å²) in [4.78, 5) is 13.9. The summed E-state index contributed by atoms with van der Waals surface area (Å²) in [6, 6.07) is 31.9. The number of alkyl halides is 3. The van der Waals surface area contributed by atoms with E-state index in [1.54, 1.807) is 36.4 Å². The summed E-state index contributed by atoms with van der Waals surface area (Å²) < 4.78 is 39.9. The summed E-state index contributed by atoms with van der Waals surface area (Å²) in [5.74, 6) is -0.291. The lowest BCUT2D eigenvalue weighted by Crippen LogP contribution is -2.10. The number of nitrogen functional groups attached to an aromatic ring is 1. The van der Waals surface area contributed by atoms with Gasteiger partial charge in [0.25, 0.3) is 0 Å². The highest BCUT2D eigenvalue weighted by molar-refractivity contribution is 6.30. The van der Waals surface area contributed by atoms with Crippen molar-refractivity contribution in [3.8, 4) is 33.4 Å². The molecule has 0 heterocycles. The van der Waals surface area contributed by atoms with Gasteiger partial charge in [0.05, 0.1) is 16.8 Å². The molecule has 0 aliphatic carbocycles. The van der Waals surface area contributed by atoms with E-state index < -0.39 is 11.7 Å². The monoisotopic (exact) mass is 527 g/mol. The van der Waals surface area contributed by atoms with Gasteiger partial charge in [-0.2, -0.15) is 13.2 Å². The largest absolute Gasteiger partial charge is 0.416 e. The van der Waals surface area contributed by atoms with Crippen molar-refractivity contribution in [3.05, 3.63) is 137 Å². The third-order valence-corrected chi connectivity index (χ3v) is 6.62. The highest BCUT2D eigenvalue weighted by Gasteiger charge is 2.31. The molecule has 0 saturated carbocycles. The zero-order chi connectivity index (χ0) is 26.9. The van der Waals surface area contributed by atoms with Crippen LogP contribution in [0.1, 0.15) is 21.5 Å². The fourth-order valence-electron chi connectivity index (χ4n) is 4.52. The van der Waals surface area contributed by atoms with E-state index in [2.05, 4.69) is 0 Å². The maximum Gasteiger partial charge on any atom is 0.416 e. The van der Waals surface area contributed by atoms with E-state index in [1.807, 2.05) is 54.6 Å². The predicted molar refractivity (Wildman–Crippen MR) is 147 cm³/mol. The molecule has 0 fully saturated rings. The number of halogens is 4. The molecule has 0 aliphatic rings. The molecule has 0 atom stereocenters. The zero-order valence-electron chi connectivity index (χ0n) is 20.0. The Bertz CT molecular complexity index is 1600. The van der Waals surface area contributed by atoms with Crippen LogP contribution in [-0.2, 0) is 6.18 Å². The van der Waals surface area contributed by atoms with Crippen molar-refractivity contribution < 1.29 is 18.0 Å². The van der Waals surface area contributed by atoms with Gasteiger partial charge in [-0.15, -0.1) is 0 Å². The SMILES string of the molecule is Nc1c(C(=O)c2ccccc2)c(-c2ccc(Cl)cc2)cc(-c2ccccc2)c1-c1ccc(C(F)(F)F)cc1. The fraction of sp³-hybridized carbons (Fsp3) is 0.0312. The minimum atomic E-state index is -4.47. The van der Waals surface area contributed by atoms with Crippen LogP contribution in [0.25, 0.3) is 33.4 Å². The van der Waals surface area contributed by atoms with Gasteiger partial charge in [0.15, 0.2) is 5.78 Å². The first-order chi connectivity index (χ1) is 18.2. The number of hydrogen-bond donors (Lipinski definition) is 1. The number of ketones is 1. The van der Waals surface area contributed by atoms with Crippen LogP contribution in [0.2, 0.25) is 5.02 Å². The molecule has 0 unspecified atom stereocenters. The van der Waals surface area contributed by atoms with Gasteiger partial charge in [-0.3, -0.25) is 4.79 Å². The maximum atomic E-state index is 13.9. The number of carbonyl (C=O) groups excluding carboxylic acids is 1. The molecule has 0 amide bonds. The molecule has 0 spiro atoms. The number of anilines is 1. The molecular weight excluding hydrogens is 507 g/mol. The van der Waals surface area contributed by atoms with E-state index >= 15 is 0 Å². The van der Waals surface area contributed by atoms with E-state index in [9.17, 15) is 18.0 Å². The summed E-state index contributed by atoms with van der Waals surface area (Å²) in [6.45, 7) is 0. The van der Waals surface area contributed by atoms with Crippen molar-refractivity contribution in [3.63, 3.8) is 0 Å². The van der Waals surface area contributed by atoms with E-state index in [0.717, 1.165) is 23.3 Å². The molecule has 5 aromatic rings. The van der Waals surface area contributed by atoms with Crippen LogP contribution in [0.5, 0.6) is 0 Å². The van der Waals surface area contributed by atoms with Crippen LogP contribution in [0.15, 0.2) is 115 Å².